The highest BCUT2D eigenvalue weighted by atomic mass is 35.5. The molecule has 88 valence electrons. The molecule has 1 aromatic rings. The summed E-state index contributed by atoms with van der Waals surface area (Å²) in [6.07, 6.45) is 2.06. The van der Waals surface area contributed by atoms with Crippen LogP contribution in [0.4, 0.5) is 0 Å². The number of likely N-dealkylation sites (N-methyl/N-ethyl adjacent to an activating group) is 1. The summed E-state index contributed by atoms with van der Waals surface area (Å²) < 4.78 is 0. The highest BCUT2D eigenvalue weighted by Crippen LogP contribution is 2.10. The third-order valence-electron chi connectivity index (χ3n) is 2.26. The number of carbonyl (C=O) groups is 1. The minimum absolute atomic E-state index is 0.139. The highest BCUT2D eigenvalue weighted by molar-refractivity contribution is 7.98. The van der Waals surface area contributed by atoms with Gasteiger partial charge in [-0.1, -0.05) is 11.6 Å². The molecule has 1 rings (SSSR count). The number of hydrogen-bond acceptors (Lipinski definition) is 3. The maximum atomic E-state index is 11.8. The van der Waals surface area contributed by atoms with Crippen molar-refractivity contribution >= 4 is 29.1 Å². The van der Waals surface area contributed by atoms with Gasteiger partial charge in [0, 0.05) is 22.9 Å². The summed E-state index contributed by atoms with van der Waals surface area (Å²) in [5.74, 6) is 1.19. The predicted octanol–water partition coefficient (Wildman–Crippen LogP) is 2.82. The van der Waals surface area contributed by atoms with Gasteiger partial charge in [-0.25, -0.2) is 0 Å². The second-order valence-corrected chi connectivity index (χ2v) is 5.08. The molecule has 0 aliphatic carbocycles. The Morgan fingerprint density at radius 2 is 2.00 bits per heavy atom. The molecule has 0 saturated carbocycles. The van der Waals surface area contributed by atoms with E-state index in [1.807, 2.05) is 11.9 Å². The zero-order valence-corrected chi connectivity index (χ0v) is 11.1. The quantitative estimate of drug-likeness (QED) is 0.731. The molecule has 1 aromatic carbocycles. The fraction of sp³-hybridized carbons (Fsp3) is 0.417. The van der Waals surface area contributed by atoms with E-state index in [0.717, 1.165) is 17.9 Å². The van der Waals surface area contributed by atoms with Crippen LogP contribution < -0.4 is 0 Å². The van der Waals surface area contributed by atoms with Crippen LogP contribution in [0.15, 0.2) is 24.3 Å². The number of ketones is 1. The number of carbonyl (C=O) groups excluding carboxylic acids is 1. The van der Waals surface area contributed by atoms with Crippen molar-refractivity contribution in [3.63, 3.8) is 0 Å². The molecular weight excluding hydrogens is 242 g/mol. The number of halogens is 1. The lowest BCUT2D eigenvalue weighted by Crippen LogP contribution is -2.28. The first-order valence-corrected chi connectivity index (χ1v) is 6.87. The summed E-state index contributed by atoms with van der Waals surface area (Å²) in [6, 6.07) is 7.04. The van der Waals surface area contributed by atoms with E-state index >= 15 is 0 Å². The summed E-state index contributed by atoms with van der Waals surface area (Å²) >= 11 is 7.55. The summed E-state index contributed by atoms with van der Waals surface area (Å²) in [5, 5.41) is 0.660. The number of rotatable bonds is 6. The minimum atomic E-state index is 0.139. The zero-order chi connectivity index (χ0) is 12.0. The third-order valence-corrected chi connectivity index (χ3v) is 3.10. The molecule has 2 nitrogen and oxygen atoms in total. The van der Waals surface area contributed by atoms with E-state index in [1.165, 1.54) is 0 Å². The van der Waals surface area contributed by atoms with E-state index in [9.17, 15) is 4.79 Å². The summed E-state index contributed by atoms with van der Waals surface area (Å²) in [7, 11) is 1.96. The topological polar surface area (TPSA) is 20.3 Å². The fourth-order valence-electron chi connectivity index (χ4n) is 1.30. The molecule has 0 radical (unpaired) electrons. The van der Waals surface area contributed by atoms with Crippen LogP contribution in [0.3, 0.4) is 0 Å². The van der Waals surface area contributed by atoms with Crippen LogP contribution in [0.25, 0.3) is 0 Å². The minimum Gasteiger partial charge on any atom is -0.298 e. The van der Waals surface area contributed by atoms with E-state index in [-0.39, 0.29) is 5.78 Å². The second-order valence-electron chi connectivity index (χ2n) is 3.66. The van der Waals surface area contributed by atoms with Gasteiger partial charge in [0.05, 0.1) is 6.54 Å². The number of thioether (sulfide) groups is 1. The number of benzene rings is 1. The first kappa shape index (κ1) is 13.6. The summed E-state index contributed by atoms with van der Waals surface area (Å²) in [5.41, 5.74) is 0.723. The molecule has 0 saturated heterocycles. The standard InChI is InChI=1S/C12H16ClNOS/c1-14(7-8-16-2)9-12(15)10-3-5-11(13)6-4-10/h3-6H,7-9H2,1-2H3. The van der Waals surface area contributed by atoms with Gasteiger partial charge < -0.3 is 0 Å². The van der Waals surface area contributed by atoms with E-state index in [0.29, 0.717) is 11.6 Å². The molecule has 0 aliphatic heterocycles. The van der Waals surface area contributed by atoms with E-state index < -0.39 is 0 Å². The molecule has 0 spiro atoms. The molecule has 0 aromatic heterocycles. The van der Waals surface area contributed by atoms with Gasteiger partial charge >= 0.3 is 0 Å². The Hall–Kier alpha value is -0.510. The largest absolute Gasteiger partial charge is 0.298 e. The maximum Gasteiger partial charge on any atom is 0.176 e. The highest BCUT2D eigenvalue weighted by Gasteiger charge is 2.08. The summed E-state index contributed by atoms with van der Waals surface area (Å²) in [4.78, 5) is 13.9. The fourth-order valence-corrected chi connectivity index (χ4v) is 1.92. The second kappa shape index (κ2) is 6.94. The Labute approximate surface area is 106 Å². The van der Waals surface area contributed by atoms with E-state index in [4.69, 9.17) is 11.6 Å². The van der Waals surface area contributed by atoms with Gasteiger partial charge in [-0.15, -0.1) is 0 Å². The van der Waals surface area contributed by atoms with Crippen molar-refractivity contribution in [2.45, 2.75) is 0 Å². The molecule has 0 heterocycles. The molecule has 4 heteroatoms. The average Bonchev–Trinajstić information content (AvgIpc) is 2.27. The molecule has 0 fully saturated rings. The van der Waals surface area contributed by atoms with E-state index in [1.54, 1.807) is 36.0 Å². The Balaban J connectivity index is 2.48. The lowest BCUT2D eigenvalue weighted by atomic mass is 10.1. The number of Topliss-reactive ketones (excluding diaryl/α,β-unsaturated/α-hetero) is 1. The van der Waals surface area contributed by atoms with Gasteiger partial charge in [-0.05, 0) is 37.6 Å². The van der Waals surface area contributed by atoms with Gasteiger partial charge in [0.15, 0.2) is 5.78 Å². The molecule has 0 bridgehead atoms. The Morgan fingerprint density at radius 3 is 2.56 bits per heavy atom. The molecule has 16 heavy (non-hydrogen) atoms. The molecular formula is C12H16ClNOS. The number of nitrogens with zero attached hydrogens (tertiary/aromatic N) is 1. The van der Waals surface area contributed by atoms with E-state index in [2.05, 4.69) is 6.26 Å². The Kier molecular flexibility index (Phi) is 5.88. The normalized spacial score (nSPS) is 10.8. The van der Waals surface area contributed by atoms with Gasteiger partial charge in [0.2, 0.25) is 0 Å². The maximum absolute atomic E-state index is 11.8. The van der Waals surface area contributed by atoms with Crippen molar-refractivity contribution in [1.29, 1.82) is 0 Å². The third kappa shape index (κ3) is 4.56. The first-order valence-electron chi connectivity index (χ1n) is 5.09. The molecule has 0 atom stereocenters. The van der Waals surface area contributed by atoms with Crippen molar-refractivity contribution in [3.05, 3.63) is 34.9 Å². The summed E-state index contributed by atoms with van der Waals surface area (Å²) in [6.45, 7) is 1.39. The van der Waals surface area contributed by atoms with Crippen LogP contribution in [0.2, 0.25) is 5.02 Å². The van der Waals surface area contributed by atoms with Gasteiger partial charge in [-0.2, -0.15) is 11.8 Å². The lowest BCUT2D eigenvalue weighted by Gasteiger charge is -2.14. The number of hydrogen-bond donors (Lipinski definition) is 0. The Morgan fingerprint density at radius 1 is 1.38 bits per heavy atom. The zero-order valence-electron chi connectivity index (χ0n) is 9.57. The SMILES string of the molecule is CSCCN(C)CC(=O)c1ccc(Cl)cc1. The first-order chi connectivity index (χ1) is 7.63. The van der Waals surface area contributed by atoms with Crippen molar-refractivity contribution in [2.75, 3.05) is 32.1 Å². The van der Waals surface area contributed by atoms with Gasteiger partial charge in [0.25, 0.3) is 0 Å². The molecule has 0 aliphatic rings. The van der Waals surface area contributed by atoms with Gasteiger partial charge in [0.1, 0.15) is 0 Å². The van der Waals surface area contributed by atoms with Crippen molar-refractivity contribution < 1.29 is 4.79 Å². The van der Waals surface area contributed by atoms with Crippen LogP contribution in [0.5, 0.6) is 0 Å². The molecule has 0 N–H and O–H groups in total. The smallest absolute Gasteiger partial charge is 0.176 e. The van der Waals surface area contributed by atoms with Crippen LogP contribution in [0, 0.1) is 0 Å². The van der Waals surface area contributed by atoms with Crippen molar-refractivity contribution in [1.82, 2.24) is 4.90 Å². The average molecular weight is 258 g/mol. The van der Waals surface area contributed by atoms with Crippen molar-refractivity contribution in [2.24, 2.45) is 0 Å². The van der Waals surface area contributed by atoms with Crippen LogP contribution in [0.1, 0.15) is 10.4 Å². The Bertz CT molecular complexity index is 339. The molecule has 0 amide bonds. The van der Waals surface area contributed by atoms with Gasteiger partial charge in [-0.3, -0.25) is 9.69 Å². The van der Waals surface area contributed by atoms with Crippen LogP contribution in [-0.4, -0.2) is 42.8 Å². The van der Waals surface area contributed by atoms with Crippen molar-refractivity contribution in [3.8, 4) is 0 Å². The van der Waals surface area contributed by atoms with Crippen LogP contribution in [-0.2, 0) is 0 Å². The predicted molar refractivity (Wildman–Crippen MR) is 71.7 cm³/mol. The monoisotopic (exact) mass is 257 g/mol. The van der Waals surface area contributed by atoms with Crippen LogP contribution >= 0.6 is 23.4 Å². The molecule has 0 unspecified atom stereocenters. The lowest BCUT2D eigenvalue weighted by molar-refractivity contribution is 0.0949.